The molecule has 0 saturated heterocycles. The second-order valence-electron chi connectivity index (χ2n) is 8.14. The van der Waals surface area contributed by atoms with Crippen molar-refractivity contribution in [3.8, 4) is 22.3 Å². The molecule has 0 bridgehead atoms. The number of ether oxygens (including phenoxy) is 1. The van der Waals surface area contributed by atoms with Gasteiger partial charge in [-0.25, -0.2) is 4.79 Å². The average Bonchev–Trinajstić information content (AvgIpc) is 3.07. The molecule has 0 aromatic heterocycles. The van der Waals surface area contributed by atoms with Gasteiger partial charge >= 0.3 is 12.1 Å². The Morgan fingerprint density at radius 3 is 1.60 bits per heavy atom. The lowest BCUT2D eigenvalue weighted by Gasteiger charge is -2.20. The van der Waals surface area contributed by atoms with Crippen LogP contribution in [0.5, 0.6) is 0 Å². The van der Waals surface area contributed by atoms with E-state index in [4.69, 9.17) is 5.73 Å². The monoisotopic (exact) mass is 482 g/mol. The smallest absolute Gasteiger partial charge is 0.438 e. The number of hydrogen-bond acceptors (Lipinski definition) is 5. The van der Waals surface area contributed by atoms with Crippen LogP contribution in [0.2, 0.25) is 0 Å². The van der Waals surface area contributed by atoms with E-state index >= 15 is 0 Å². The molecular weight excluding hydrogens is 461 g/mol. The molecule has 4 rings (SSSR count). The zero-order valence-corrected chi connectivity index (χ0v) is 18.8. The first-order chi connectivity index (χ1) is 16.5. The van der Waals surface area contributed by atoms with E-state index in [1.807, 2.05) is 60.7 Å². The average molecular weight is 482 g/mol. The Bertz CT molecular complexity index is 1240. The highest BCUT2D eigenvalue weighted by atomic mass is 19.4. The standard InChI is InChI=1S/C26H21F3N2O4/c1-14-19(16-9-5-3-6-10-16)20(17-11-7-4-8-12-17)15(2)22-21(14)23(32)31(24(22)33)13-18(30)35-25(34)26(27,28)29/h3-12,18H,13,30H2,1-2H3. The summed E-state index contributed by atoms with van der Waals surface area (Å²) in [5.74, 6) is -3.91. The number of alkyl halides is 3. The van der Waals surface area contributed by atoms with Crippen molar-refractivity contribution in [1.82, 2.24) is 4.90 Å². The molecule has 0 saturated carbocycles. The summed E-state index contributed by atoms with van der Waals surface area (Å²) in [6.07, 6.45) is -7.09. The first-order valence-corrected chi connectivity index (χ1v) is 10.7. The van der Waals surface area contributed by atoms with E-state index in [2.05, 4.69) is 4.74 Å². The Balaban J connectivity index is 1.83. The molecule has 1 unspecified atom stereocenters. The number of nitrogens with two attached hydrogens (primary N) is 1. The molecule has 9 heteroatoms. The number of imide groups is 1. The molecule has 6 nitrogen and oxygen atoms in total. The van der Waals surface area contributed by atoms with Crippen molar-refractivity contribution in [1.29, 1.82) is 0 Å². The Kier molecular flexibility index (Phi) is 6.21. The summed E-state index contributed by atoms with van der Waals surface area (Å²) < 4.78 is 41.8. The van der Waals surface area contributed by atoms with Crippen LogP contribution < -0.4 is 5.73 Å². The molecule has 1 heterocycles. The van der Waals surface area contributed by atoms with Crippen LogP contribution in [0.3, 0.4) is 0 Å². The first-order valence-electron chi connectivity index (χ1n) is 10.7. The van der Waals surface area contributed by atoms with Gasteiger partial charge in [0.2, 0.25) is 0 Å². The lowest BCUT2D eigenvalue weighted by molar-refractivity contribution is -0.204. The van der Waals surface area contributed by atoms with Gasteiger partial charge in [-0.15, -0.1) is 0 Å². The fourth-order valence-electron chi connectivity index (χ4n) is 4.42. The minimum Gasteiger partial charge on any atom is -0.438 e. The number of carbonyl (C=O) groups excluding carboxylic acids is 3. The van der Waals surface area contributed by atoms with Crippen LogP contribution in [0.15, 0.2) is 60.7 Å². The van der Waals surface area contributed by atoms with E-state index in [9.17, 15) is 27.6 Å². The summed E-state index contributed by atoms with van der Waals surface area (Å²) in [6.45, 7) is 2.74. The van der Waals surface area contributed by atoms with Gasteiger partial charge in [0.15, 0.2) is 6.23 Å². The molecule has 0 fully saturated rings. The molecular formula is C26H21F3N2O4. The minimum absolute atomic E-state index is 0.153. The molecule has 0 spiro atoms. The van der Waals surface area contributed by atoms with Crippen molar-refractivity contribution in [2.75, 3.05) is 6.54 Å². The largest absolute Gasteiger partial charge is 0.490 e. The van der Waals surface area contributed by atoms with Gasteiger partial charge in [-0.1, -0.05) is 60.7 Å². The fraction of sp³-hybridized carbons (Fsp3) is 0.192. The summed E-state index contributed by atoms with van der Waals surface area (Å²) in [7, 11) is 0. The van der Waals surface area contributed by atoms with Crippen LogP contribution in [-0.4, -0.2) is 41.6 Å². The lowest BCUT2D eigenvalue weighted by atomic mass is 9.82. The Morgan fingerprint density at radius 1 is 0.829 bits per heavy atom. The van der Waals surface area contributed by atoms with E-state index in [-0.39, 0.29) is 11.1 Å². The zero-order chi connectivity index (χ0) is 25.5. The normalized spacial score (nSPS) is 14.2. The predicted molar refractivity (Wildman–Crippen MR) is 122 cm³/mol. The van der Waals surface area contributed by atoms with Crippen LogP contribution in [0.4, 0.5) is 13.2 Å². The Labute approximate surface area is 199 Å². The third-order valence-electron chi connectivity index (χ3n) is 5.90. The summed E-state index contributed by atoms with van der Waals surface area (Å²) in [5.41, 5.74) is 10.2. The number of carbonyl (C=O) groups is 3. The third kappa shape index (κ3) is 4.30. The second-order valence-corrected chi connectivity index (χ2v) is 8.14. The second kappa shape index (κ2) is 8.99. The first kappa shape index (κ1) is 24.2. The van der Waals surface area contributed by atoms with Gasteiger partial charge in [-0.2, -0.15) is 13.2 Å². The van der Waals surface area contributed by atoms with Gasteiger partial charge in [-0.05, 0) is 47.2 Å². The summed E-state index contributed by atoms with van der Waals surface area (Å²) in [5, 5.41) is 0. The minimum atomic E-state index is -5.25. The van der Waals surface area contributed by atoms with Crippen LogP contribution in [-0.2, 0) is 9.53 Å². The van der Waals surface area contributed by atoms with Gasteiger partial charge in [0.05, 0.1) is 17.7 Å². The van der Waals surface area contributed by atoms with E-state index in [1.165, 1.54) is 0 Å². The molecule has 3 aromatic rings. The molecule has 1 aliphatic rings. The summed E-state index contributed by atoms with van der Waals surface area (Å²) in [4.78, 5) is 38.5. The molecule has 180 valence electrons. The van der Waals surface area contributed by atoms with Crippen molar-refractivity contribution in [2.45, 2.75) is 26.3 Å². The zero-order valence-electron chi connectivity index (χ0n) is 18.8. The number of rotatable bonds is 5. The maximum absolute atomic E-state index is 13.3. The number of hydrogen-bond donors (Lipinski definition) is 1. The number of halogens is 3. The highest BCUT2D eigenvalue weighted by molar-refractivity contribution is 6.24. The topological polar surface area (TPSA) is 89.7 Å². The van der Waals surface area contributed by atoms with E-state index in [0.717, 1.165) is 27.2 Å². The van der Waals surface area contributed by atoms with Crippen LogP contribution in [0.25, 0.3) is 22.3 Å². The van der Waals surface area contributed by atoms with Crippen LogP contribution in [0.1, 0.15) is 31.8 Å². The van der Waals surface area contributed by atoms with Crippen LogP contribution in [0, 0.1) is 13.8 Å². The molecule has 2 amide bonds. The van der Waals surface area contributed by atoms with E-state index in [0.29, 0.717) is 11.1 Å². The van der Waals surface area contributed by atoms with Gasteiger partial charge in [0.1, 0.15) is 0 Å². The number of benzene rings is 3. The third-order valence-corrected chi connectivity index (χ3v) is 5.90. The Hall–Kier alpha value is -3.98. The number of amides is 2. The molecule has 1 atom stereocenters. The van der Waals surface area contributed by atoms with Gasteiger partial charge in [-0.3, -0.25) is 20.2 Å². The lowest BCUT2D eigenvalue weighted by Crippen LogP contribution is -2.45. The molecule has 35 heavy (non-hydrogen) atoms. The fourth-order valence-corrected chi connectivity index (χ4v) is 4.42. The van der Waals surface area contributed by atoms with Crippen molar-refractivity contribution in [2.24, 2.45) is 5.73 Å². The maximum Gasteiger partial charge on any atom is 0.490 e. The molecule has 0 radical (unpaired) electrons. The molecule has 0 aliphatic carbocycles. The van der Waals surface area contributed by atoms with Crippen molar-refractivity contribution < 1.29 is 32.3 Å². The van der Waals surface area contributed by atoms with Gasteiger partial charge < -0.3 is 4.74 Å². The number of nitrogens with zero attached hydrogens (tertiary/aromatic N) is 1. The molecule has 1 aliphatic heterocycles. The SMILES string of the molecule is Cc1c2c(c(C)c(-c3ccccc3)c1-c1ccccc1)C(=O)N(CC(N)OC(=O)C(F)(F)F)C2=O. The Morgan fingerprint density at radius 2 is 1.23 bits per heavy atom. The predicted octanol–water partition coefficient (Wildman–Crippen LogP) is 4.62. The van der Waals surface area contributed by atoms with Gasteiger partial charge in [0, 0.05) is 0 Å². The highest BCUT2D eigenvalue weighted by Crippen LogP contribution is 2.43. The van der Waals surface area contributed by atoms with Crippen LogP contribution >= 0.6 is 0 Å². The van der Waals surface area contributed by atoms with Crippen molar-refractivity contribution >= 4 is 17.8 Å². The quantitative estimate of drug-likeness (QED) is 0.326. The van der Waals surface area contributed by atoms with Gasteiger partial charge in [0.25, 0.3) is 11.8 Å². The number of fused-ring (bicyclic) bond motifs is 1. The summed E-state index contributed by atoms with van der Waals surface area (Å²) in [6, 6.07) is 18.7. The van der Waals surface area contributed by atoms with E-state index < -0.39 is 36.7 Å². The van der Waals surface area contributed by atoms with E-state index in [1.54, 1.807) is 13.8 Å². The maximum atomic E-state index is 13.3. The molecule has 3 aromatic carbocycles. The summed E-state index contributed by atoms with van der Waals surface area (Å²) >= 11 is 0. The highest BCUT2D eigenvalue weighted by Gasteiger charge is 2.44. The van der Waals surface area contributed by atoms with Crippen molar-refractivity contribution in [3.63, 3.8) is 0 Å². The number of esters is 1. The van der Waals surface area contributed by atoms with Crippen molar-refractivity contribution in [3.05, 3.63) is 82.9 Å². The molecule has 2 N–H and O–H groups in total.